The summed E-state index contributed by atoms with van der Waals surface area (Å²) in [5.74, 6) is 3.55. The average molecular weight is 365 g/mol. The van der Waals surface area contributed by atoms with Gasteiger partial charge in [-0.1, -0.05) is 11.6 Å². The van der Waals surface area contributed by atoms with Gasteiger partial charge in [0.25, 0.3) is 5.89 Å². The van der Waals surface area contributed by atoms with Crippen molar-refractivity contribution in [1.29, 1.82) is 0 Å². The molecule has 0 bridgehead atoms. The van der Waals surface area contributed by atoms with Gasteiger partial charge in [-0.2, -0.15) is 4.98 Å². The molecule has 1 fully saturated rings. The van der Waals surface area contributed by atoms with Crippen molar-refractivity contribution in [1.82, 2.24) is 20.1 Å². The maximum atomic E-state index is 5.39. The number of nitrogens with one attached hydrogen (secondary N) is 1. The van der Waals surface area contributed by atoms with E-state index in [0.29, 0.717) is 35.9 Å². The predicted molar refractivity (Wildman–Crippen MR) is 96.5 cm³/mol. The Hall–Kier alpha value is -3.16. The van der Waals surface area contributed by atoms with E-state index < -0.39 is 0 Å². The molecule has 1 N–H and O–H groups in total. The number of hydrogen-bond acceptors (Lipinski definition) is 8. The first-order chi connectivity index (χ1) is 13.2. The summed E-state index contributed by atoms with van der Waals surface area (Å²) in [7, 11) is 0. The summed E-state index contributed by atoms with van der Waals surface area (Å²) < 4.78 is 16.1. The van der Waals surface area contributed by atoms with Gasteiger partial charge in [-0.3, -0.25) is 0 Å². The van der Waals surface area contributed by atoms with Gasteiger partial charge in [0.1, 0.15) is 0 Å². The first-order valence-corrected chi connectivity index (χ1v) is 9.07. The van der Waals surface area contributed by atoms with Crippen LogP contribution in [0.15, 0.2) is 28.8 Å². The van der Waals surface area contributed by atoms with Crippen molar-refractivity contribution in [3.8, 4) is 23.0 Å². The lowest BCUT2D eigenvalue weighted by molar-refractivity contribution is 0.174. The largest absolute Gasteiger partial charge is 0.454 e. The molecular formula is C19H19N5O3. The lowest BCUT2D eigenvalue weighted by atomic mass is 9.83. The van der Waals surface area contributed by atoms with Gasteiger partial charge in [0.2, 0.25) is 12.7 Å². The van der Waals surface area contributed by atoms with Gasteiger partial charge >= 0.3 is 0 Å². The Balaban J connectivity index is 1.29. The second-order valence-electron chi connectivity index (χ2n) is 6.82. The third-order valence-electron chi connectivity index (χ3n) is 4.89. The van der Waals surface area contributed by atoms with E-state index in [9.17, 15) is 0 Å². The molecule has 1 aromatic carbocycles. The van der Waals surface area contributed by atoms with E-state index in [2.05, 4.69) is 31.5 Å². The molecule has 0 atom stereocenters. The number of benzene rings is 1. The molecule has 0 radical (unpaired) electrons. The molecular weight excluding hydrogens is 346 g/mol. The summed E-state index contributed by atoms with van der Waals surface area (Å²) in [5, 5.41) is 7.23. The van der Waals surface area contributed by atoms with Crippen LogP contribution < -0.4 is 14.8 Å². The molecule has 8 heteroatoms. The number of anilines is 1. The Morgan fingerprint density at radius 3 is 2.81 bits per heavy atom. The van der Waals surface area contributed by atoms with Crippen LogP contribution in [0.25, 0.3) is 11.5 Å². The minimum Gasteiger partial charge on any atom is -0.454 e. The zero-order chi connectivity index (χ0) is 18.2. The highest BCUT2D eigenvalue weighted by molar-refractivity contribution is 5.60. The number of nitrogens with zero attached hydrogens (tertiary/aromatic N) is 4. The molecule has 2 aromatic heterocycles. The van der Waals surface area contributed by atoms with Crippen LogP contribution in [0.3, 0.4) is 0 Å². The van der Waals surface area contributed by atoms with E-state index >= 15 is 0 Å². The number of aromatic nitrogens is 4. The second kappa shape index (κ2) is 6.53. The van der Waals surface area contributed by atoms with E-state index in [1.807, 2.05) is 25.1 Å². The Morgan fingerprint density at radius 1 is 1.07 bits per heavy atom. The fraction of sp³-hybridized carbons (Fsp3) is 0.368. The fourth-order valence-electron chi connectivity index (χ4n) is 3.22. The molecule has 1 aliphatic carbocycles. The Morgan fingerprint density at radius 2 is 1.96 bits per heavy atom. The van der Waals surface area contributed by atoms with E-state index in [0.717, 1.165) is 22.7 Å². The normalized spacial score (nSPS) is 15.6. The van der Waals surface area contributed by atoms with Crippen molar-refractivity contribution >= 4 is 5.95 Å². The quantitative estimate of drug-likeness (QED) is 0.735. The third kappa shape index (κ3) is 3.18. The summed E-state index contributed by atoms with van der Waals surface area (Å²) in [4.78, 5) is 13.5. The molecule has 1 saturated carbocycles. The van der Waals surface area contributed by atoms with Crippen molar-refractivity contribution in [2.24, 2.45) is 0 Å². The SMILES string of the molecule is Cc1cc(C2CCC2)nc(NCc2noc(-c3ccc4c(c3)OCO4)n2)n1. The van der Waals surface area contributed by atoms with Gasteiger partial charge in [-0.05, 0) is 44.0 Å². The Kier molecular flexibility index (Phi) is 3.88. The highest BCUT2D eigenvalue weighted by Crippen LogP contribution is 2.36. The number of aryl methyl sites for hydroxylation is 1. The van der Waals surface area contributed by atoms with Gasteiger partial charge in [-0.15, -0.1) is 0 Å². The molecule has 0 spiro atoms. The van der Waals surface area contributed by atoms with E-state index in [4.69, 9.17) is 14.0 Å². The summed E-state index contributed by atoms with van der Waals surface area (Å²) in [6.45, 7) is 2.61. The molecule has 5 rings (SSSR count). The zero-order valence-corrected chi connectivity index (χ0v) is 14.9. The van der Waals surface area contributed by atoms with Gasteiger partial charge < -0.3 is 19.3 Å². The monoisotopic (exact) mass is 365 g/mol. The number of fused-ring (bicyclic) bond motifs is 1. The van der Waals surface area contributed by atoms with Crippen molar-refractivity contribution < 1.29 is 14.0 Å². The van der Waals surface area contributed by atoms with Crippen LogP contribution in [0, 0.1) is 6.92 Å². The van der Waals surface area contributed by atoms with Crippen LogP contribution in [-0.2, 0) is 6.54 Å². The Labute approximate surface area is 155 Å². The van der Waals surface area contributed by atoms with Crippen LogP contribution >= 0.6 is 0 Å². The van der Waals surface area contributed by atoms with Crippen LogP contribution in [-0.4, -0.2) is 26.9 Å². The average Bonchev–Trinajstić information content (AvgIpc) is 3.26. The summed E-state index contributed by atoms with van der Waals surface area (Å²) in [5.41, 5.74) is 2.87. The maximum absolute atomic E-state index is 5.39. The zero-order valence-electron chi connectivity index (χ0n) is 14.9. The summed E-state index contributed by atoms with van der Waals surface area (Å²) in [6, 6.07) is 7.61. The highest BCUT2D eigenvalue weighted by Gasteiger charge is 2.22. The molecule has 8 nitrogen and oxygen atoms in total. The maximum Gasteiger partial charge on any atom is 0.258 e. The summed E-state index contributed by atoms with van der Waals surface area (Å²) in [6.07, 6.45) is 3.70. The lowest BCUT2D eigenvalue weighted by Crippen LogP contribution is -2.13. The number of ether oxygens (including phenoxy) is 2. The highest BCUT2D eigenvalue weighted by atomic mass is 16.7. The van der Waals surface area contributed by atoms with Crippen LogP contribution in [0.2, 0.25) is 0 Å². The molecule has 0 unspecified atom stereocenters. The number of hydrogen-bond donors (Lipinski definition) is 1. The second-order valence-corrected chi connectivity index (χ2v) is 6.82. The van der Waals surface area contributed by atoms with E-state index in [1.54, 1.807) is 0 Å². The van der Waals surface area contributed by atoms with Crippen molar-refractivity contribution in [2.75, 3.05) is 12.1 Å². The molecule has 1 aliphatic heterocycles. The van der Waals surface area contributed by atoms with Gasteiger partial charge in [0.05, 0.1) is 6.54 Å². The standard InChI is InChI=1S/C19H19N5O3/c1-11-7-14(12-3-2-4-12)22-19(21-11)20-9-17-23-18(27-24-17)13-5-6-15-16(8-13)26-10-25-15/h5-8,12H,2-4,9-10H2,1H3,(H,20,21,22). The first-order valence-electron chi connectivity index (χ1n) is 9.07. The smallest absolute Gasteiger partial charge is 0.258 e. The van der Waals surface area contributed by atoms with Crippen molar-refractivity contribution in [3.05, 3.63) is 41.5 Å². The van der Waals surface area contributed by atoms with Gasteiger partial charge in [0.15, 0.2) is 17.3 Å². The van der Waals surface area contributed by atoms with Crippen molar-refractivity contribution in [3.63, 3.8) is 0 Å². The first kappa shape index (κ1) is 16.0. The fourth-order valence-corrected chi connectivity index (χ4v) is 3.22. The van der Waals surface area contributed by atoms with Crippen molar-refractivity contribution in [2.45, 2.75) is 38.6 Å². The molecule has 2 aliphatic rings. The minimum atomic E-state index is 0.233. The van der Waals surface area contributed by atoms with E-state index in [-0.39, 0.29) is 6.79 Å². The minimum absolute atomic E-state index is 0.233. The topological polar surface area (TPSA) is 95.2 Å². The van der Waals surface area contributed by atoms with Crippen LogP contribution in [0.5, 0.6) is 11.5 Å². The molecule has 27 heavy (non-hydrogen) atoms. The lowest BCUT2D eigenvalue weighted by Gasteiger charge is -2.25. The molecule has 3 heterocycles. The number of rotatable bonds is 5. The molecule has 0 amide bonds. The Bertz CT molecular complexity index is 983. The van der Waals surface area contributed by atoms with Crippen LogP contribution in [0.4, 0.5) is 5.95 Å². The van der Waals surface area contributed by atoms with Crippen LogP contribution in [0.1, 0.15) is 42.4 Å². The third-order valence-corrected chi connectivity index (χ3v) is 4.89. The predicted octanol–water partition coefficient (Wildman–Crippen LogP) is 3.44. The van der Waals surface area contributed by atoms with Gasteiger partial charge in [0, 0.05) is 22.9 Å². The van der Waals surface area contributed by atoms with Gasteiger partial charge in [-0.25, -0.2) is 9.97 Å². The molecule has 0 saturated heterocycles. The molecule has 3 aromatic rings. The molecule has 138 valence electrons. The van der Waals surface area contributed by atoms with E-state index in [1.165, 1.54) is 19.3 Å². The summed E-state index contributed by atoms with van der Waals surface area (Å²) >= 11 is 0.